The number of aryl methyl sites for hydroxylation is 1. The van der Waals surface area contributed by atoms with Crippen LogP contribution in [0.4, 0.5) is 0 Å². The van der Waals surface area contributed by atoms with Gasteiger partial charge in [0.15, 0.2) is 0 Å². The fourth-order valence-electron chi connectivity index (χ4n) is 0.996. The van der Waals surface area contributed by atoms with Gasteiger partial charge in [0.25, 0.3) is 0 Å². The zero-order chi connectivity index (χ0) is 7.68. The lowest BCUT2D eigenvalue weighted by atomic mass is 10.5. The minimum Gasteiger partial charge on any atom is -0.341 e. The van der Waals surface area contributed by atoms with E-state index in [0.717, 1.165) is 23.3 Å². The molecular weight excluding hydrogens is 140 g/mol. The zero-order valence-electron chi connectivity index (χ0n) is 6.20. The van der Waals surface area contributed by atoms with Crippen molar-refractivity contribution in [3.8, 4) is 0 Å². The maximum Gasteiger partial charge on any atom is 0.110 e. The molecule has 0 aliphatic carbocycles. The molecule has 4 nitrogen and oxygen atoms in total. The molecule has 0 amide bonds. The molecule has 0 saturated heterocycles. The van der Waals surface area contributed by atoms with E-state index in [2.05, 4.69) is 27.1 Å². The fourth-order valence-corrected chi connectivity index (χ4v) is 0.996. The summed E-state index contributed by atoms with van der Waals surface area (Å²) < 4.78 is 0. The Bertz CT molecular complexity index is 337. The Morgan fingerprint density at radius 2 is 2.27 bits per heavy atom. The first-order valence-electron chi connectivity index (χ1n) is 3.55. The van der Waals surface area contributed by atoms with Crippen LogP contribution in [-0.4, -0.2) is 20.2 Å². The van der Waals surface area contributed by atoms with Crippen LogP contribution in [0.1, 0.15) is 14.2 Å². The molecule has 0 fully saturated rings. The summed E-state index contributed by atoms with van der Waals surface area (Å²) in [5.41, 5.74) is 1.84. The third-order valence-electron chi connectivity index (χ3n) is 1.58. The molecule has 0 bridgehead atoms. The van der Waals surface area contributed by atoms with Crippen molar-refractivity contribution in [3.63, 3.8) is 0 Å². The highest BCUT2D eigenvalue weighted by Crippen LogP contribution is 2.06. The van der Waals surface area contributed by atoms with Gasteiger partial charge in [-0.25, -0.2) is 4.98 Å². The lowest BCUT2D eigenvalue weighted by molar-refractivity contribution is 1.00. The molecule has 4 heteroatoms. The monoisotopic (exact) mass is 150 g/mol. The number of rotatable bonds is 1. The Morgan fingerprint density at radius 1 is 1.45 bits per heavy atom. The van der Waals surface area contributed by atoms with Crippen molar-refractivity contribution in [1.29, 1.82) is 0 Å². The predicted molar refractivity (Wildman–Crippen MR) is 43.2 cm³/mol. The molecule has 0 aromatic carbocycles. The molecule has 2 rings (SSSR count). The summed E-state index contributed by atoms with van der Waals surface area (Å²) in [7, 11) is 0. The van der Waals surface area contributed by atoms with Crippen molar-refractivity contribution in [2.75, 3.05) is 0 Å². The number of hydrogen-bond donors (Lipinski definition) is 1. The smallest absolute Gasteiger partial charge is 0.110 e. The van der Waals surface area contributed by atoms with Gasteiger partial charge in [0.2, 0.25) is 0 Å². The van der Waals surface area contributed by atoms with E-state index >= 15 is 0 Å². The van der Waals surface area contributed by atoms with Crippen LogP contribution in [0.15, 0.2) is 12.4 Å². The average molecular weight is 150 g/mol. The molecule has 0 aliphatic heterocycles. The standard InChI is InChI=1S/C7H8N4.H2/c1-2-7-10-5-3-8-9-4-6(5)11-7;/h3-4H,2H2,1H3,(H,10,11);1H. The molecule has 2 aromatic rings. The van der Waals surface area contributed by atoms with Gasteiger partial charge in [0.05, 0.1) is 17.9 Å². The van der Waals surface area contributed by atoms with E-state index in [1.54, 1.807) is 12.4 Å². The molecule has 0 aliphatic rings. The van der Waals surface area contributed by atoms with E-state index in [9.17, 15) is 0 Å². The normalized spacial score (nSPS) is 10.6. The highest BCUT2D eigenvalue weighted by atomic mass is 15.1. The minimum atomic E-state index is 0. The van der Waals surface area contributed by atoms with Gasteiger partial charge in [0, 0.05) is 7.85 Å². The maximum absolute atomic E-state index is 4.27. The number of nitrogens with zero attached hydrogens (tertiary/aromatic N) is 3. The summed E-state index contributed by atoms with van der Waals surface area (Å²) in [4.78, 5) is 7.40. The SMILES string of the molecule is CCc1nc2cnncc2[nH]1.[HH]. The number of imidazole rings is 1. The molecule has 1 N–H and O–H groups in total. The molecule has 0 spiro atoms. The Hall–Kier alpha value is -1.45. The molecule has 0 atom stereocenters. The van der Waals surface area contributed by atoms with Gasteiger partial charge in [-0.05, 0) is 0 Å². The molecule has 58 valence electrons. The van der Waals surface area contributed by atoms with E-state index in [-0.39, 0.29) is 1.43 Å². The van der Waals surface area contributed by atoms with Gasteiger partial charge >= 0.3 is 0 Å². The molecule has 11 heavy (non-hydrogen) atoms. The van der Waals surface area contributed by atoms with E-state index in [1.165, 1.54) is 0 Å². The number of hydrogen-bond acceptors (Lipinski definition) is 3. The zero-order valence-corrected chi connectivity index (χ0v) is 6.20. The predicted octanol–water partition coefficient (Wildman–Crippen LogP) is 1.16. The second kappa shape index (κ2) is 2.30. The second-order valence-electron chi connectivity index (χ2n) is 2.33. The minimum absolute atomic E-state index is 0. The van der Waals surface area contributed by atoms with Crippen LogP contribution in [0.3, 0.4) is 0 Å². The first-order chi connectivity index (χ1) is 5.40. The van der Waals surface area contributed by atoms with Crippen molar-refractivity contribution in [2.24, 2.45) is 0 Å². The number of H-pyrrole nitrogens is 1. The summed E-state index contributed by atoms with van der Waals surface area (Å²) in [5.74, 6) is 0.981. The van der Waals surface area contributed by atoms with Crippen molar-refractivity contribution in [3.05, 3.63) is 18.2 Å². The number of aromatic nitrogens is 4. The molecule has 2 aromatic heterocycles. The first-order valence-corrected chi connectivity index (χ1v) is 3.55. The molecule has 2 heterocycles. The van der Waals surface area contributed by atoms with Crippen LogP contribution in [0.2, 0.25) is 0 Å². The summed E-state index contributed by atoms with van der Waals surface area (Å²) in [5, 5.41) is 7.47. The molecule has 0 unspecified atom stereocenters. The van der Waals surface area contributed by atoms with Gasteiger partial charge in [-0.2, -0.15) is 10.2 Å². The van der Waals surface area contributed by atoms with Crippen LogP contribution < -0.4 is 0 Å². The number of fused-ring (bicyclic) bond motifs is 1. The third-order valence-corrected chi connectivity index (χ3v) is 1.58. The van der Waals surface area contributed by atoms with E-state index in [1.807, 2.05) is 0 Å². The van der Waals surface area contributed by atoms with Crippen LogP contribution in [0.5, 0.6) is 0 Å². The Labute approximate surface area is 65.2 Å². The van der Waals surface area contributed by atoms with Gasteiger partial charge in [-0.3, -0.25) is 0 Å². The Kier molecular flexibility index (Phi) is 1.31. The number of aromatic amines is 1. The van der Waals surface area contributed by atoms with Crippen molar-refractivity contribution in [1.82, 2.24) is 20.2 Å². The highest BCUT2D eigenvalue weighted by Gasteiger charge is 1.98. The van der Waals surface area contributed by atoms with Crippen LogP contribution in [-0.2, 0) is 6.42 Å². The lowest BCUT2D eigenvalue weighted by Crippen LogP contribution is -1.79. The van der Waals surface area contributed by atoms with Crippen molar-refractivity contribution >= 4 is 11.0 Å². The fraction of sp³-hybridized carbons (Fsp3) is 0.286. The molecular formula is C7H10N4. The molecule has 0 saturated carbocycles. The van der Waals surface area contributed by atoms with Gasteiger partial charge < -0.3 is 4.98 Å². The van der Waals surface area contributed by atoms with Gasteiger partial charge in [-0.15, -0.1) is 0 Å². The Morgan fingerprint density at radius 3 is 3.00 bits per heavy atom. The topological polar surface area (TPSA) is 54.5 Å². The second-order valence-corrected chi connectivity index (χ2v) is 2.33. The Balaban J connectivity index is 0.000000720. The third kappa shape index (κ3) is 0.960. The largest absolute Gasteiger partial charge is 0.341 e. The van der Waals surface area contributed by atoms with Crippen LogP contribution in [0, 0.1) is 0 Å². The average Bonchev–Trinajstić information content (AvgIpc) is 2.46. The summed E-state index contributed by atoms with van der Waals surface area (Å²) in [6.45, 7) is 2.05. The molecule has 0 radical (unpaired) electrons. The van der Waals surface area contributed by atoms with E-state index < -0.39 is 0 Å². The van der Waals surface area contributed by atoms with Crippen LogP contribution in [0.25, 0.3) is 11.0 Å². The van der Waals surface area contributed by atoms with Crippen molar-refractivity contribution < 1.29 is 1.43 Å². The summed E-state index contributed by atoms with van der Waals surface area (Å²) >= 11 is 0. The lowest BCUT2D eigenvalue weighted by Gasteiger charge is -1.81. The van der Waals surface area contributed by atoms with Gasteiger partial charge in [-0.1, -0.05) is 6.92 Å². The maximum atomic E-state index is 4.27. The number of nitrogens with one attached hydrogen (secondary N) is 1. The first kappa shape index (κ1) is 6.27. The van der Waals surface area contributed by atoms with Crippen molar-refractivity contribution in [2.45, 2.75) is 13.3 Å². The highest BCUT2D eigenvalue weighted by molar-refractivity contribution is 5.72. The van der Waals surface area contributed by atoms with Gasteiger partial charge in [0.1, 0.15) is 11.3 Å². The van der Waals surface area contributed by atoms with E-state index in [4.69, 9.17) is 0 Å². The van der Waals surface area contributed by atoms with Crippen LogP contribution >= 0.6 is 0 Å². The summed E-state index contributed by atoms with van der Waals surface area (Å²) in [6.07, 6.45) is 4.25. The summed E-state index contributed by atoms with van der Waals surface area (Å²) in [6, 6.07) is 0. The quantitative estimate of drug-likeness (QED) is 0.663. The van der Waals surface area contributed by atoms with E-state index in [0.29, 0.717) is 0 Å².